The molecule has 156 valence electrons. The molecular formula is C19H25F3N2O4. The molecule has 6 nitrogen and oxygen atoms in total. The number of carbonyl (C=O) groups excluding carboxylic acids is 2. The first-order valence-electron chi connectivity index (χ1n) is 9.17. The lowest BCUT2D eigenvalue weighted by Crippen LogP contribution is -2.39. The fourth-order valence-electron chi connectivity index (χ4n) is 2.74. The quantitative estimate of drug-likeness (QED) is 0.757. The van der Waals surface area contributed by atoms with Crippen LogP contribution in [0.2, 0.25) is 0 Å². The van der Waals surface area contributed by atoms with Crippen LogP contribution in [0, 0.1) is 5.92 Å². The number of carbonyl (C=O) groups is 2. The van der Waals surface area contributed by atoms with Gasteiger partial charge in [-0.25, -0.2) is 4.79 Å². The molecule has 0 atom stereocenters. The number of benzene rings is 1. The molecule has 1 heterocycles. The van der Waals surface area contributed by atoms with Crippen molar-refractivity contribution < 1.29 is 32.2 Å². The number of hydrogen-bond donors (Lipinski definition) is 0. The van der Waals surface area contributed by atoms with Crippen molar-refractivity contribution in [2.75, 3.05) is 39.4 Å². The van der Waals surface area contributed by atoms with E-state index in [2.05, 4.69) is 0 Å². The summed E-state index contributed by atoms with van der Waals surface area (Å²) < 4.78 is 49.3. The molecule has 1 aliphatic rings. The van der Waals surface area contributed by atoms with Crippen LogP contribution in [0.1, 0.15) is 25.8 Å². The Kier molecular flexibility index (Phi) is 7.53. The molecule has 0 unspecified atom stereocenters. The van der Waals surface area contributed by atoms with E-state index in [-0.39, 0.29) is 18.2 Å². The Morgan fingerprint density at radius 2 is 1.71 bits per heavy atom. The summed E-state index contributed by atoms with van der Waals surface area (Å²) in [7, 11) is 0. The maximum Gasteiger partial charge on any atom is 0.419 e. The number of amides is 2. The zero-order valence-electron chi connectivity index (χ0n) is 16.0. The van der Waals surface area contributed by atoms with Crippen molar-refractivity contribution in [3.05, 3.63) is 29.8 Å². The van der Waals surface area contributed by atoms with Crippen LogP contribution in [0.5, 0.6) is 5.75 Å². The fraction of sp³-hybridized carbons (Fsp3) is 0.579. The van der Waals surface area contributed by atoms with Crippen LogP contribution < -0.4 is 4.74 Å². The van der Waals surface area contributed by atoms with Gasteiger partial charge in [0.15, 0.2) is 6.61 Å². The molecule has 1 saturated heterocycles. The highest BCUT2D eigenvalue weighted by Crippen LogP contribution is 2.35. The van der Waals surface area contributed by atoms with Gasteiger partial charge in [0.1, 0.15) is 5.75 Å². The number of hydrogen-bond acceptors (Lipinski definition) is 4. The van der Waals surface area contributed by atoms with Crippen molar-refractivity contribution in [3.8, 4) is 5.75 Å². The SMILES string of the molecule is CC(C)COC(=O)N1CCCN(C(=O)COc2ccccc2C(F)(F)F)CC1. The predicted molar refractivity (Wildman–Crippen MR) is 95.9 cm³/mol. The smallest absolute Gasteiger partial charge is 0.419 e. The van der Waals surface area contributed by atoms with E-state index in [1.807, 2.05) is 13.8 Å². The van der Waals surface area contributed by atoms with Gasteiger partial charge in [-0.05, 0) is 24.5 Å². The second-order valence-corrected chi connectivity index (χ2v) is 6.97. The average molecular weight is 402 g/mol. The molecule has 0 bridgehead atoms. The molecule has 1 aromatic rings. The lowest BCUT2D eigenvalue weighted by molar-refractivity contribution is -0.141. The zero-order valence-corrected chi connectivity index (χ0v) is 16.0. The van der Waals surface area contributed by atoms with Gasteiger partial charge in [-0.15, -0.1) is 0 Å². The molecule has 0 spiro atoms. The first-order valence-corrected chi connectivity index (χ1v) is 9.17. The standard InChI is InChI=1S/C19H25F3N2O4/c1-14(2)12-28-18(26)24-9-5-8-23(10-11-24)17(25)13-27-16-7-4-3-6-15(16)19(20,21)22/h3-4,6-7,14H,5,8-13H2,1-2H3. The summed E-state index contributed by atoms with van der Waals surface area (Å²) in [6.45, 7) is 5.15. The number of rotatable bonds is 5. The average Bonchev–Trinajstić information content (AvgIpc) is 2.90. The third-order valence-electron chi connectivity index (χ3n) is 4.19. The number of ether oxygens (including phenoxy) is 2. The van der Waals surface area contributed by atoms with E-state index in [1.165, 1.54) is 28.0 Å². The first-order chi connectivity index (χ1) is 13.2. The van der Waals surface area contributed by atoms with E-state index in [0.717, 1.165) is 6.07 Å². The molecule has 9 heteroatoms. The molecule has 1 aliphatic heterocycles. The molecule has 28 heavy (non-hydrogen) atoms. The second kappa shape index (κ2) is 9.66. The molecule has 0 aliphatic carbocycles. The topological polar surface area (TPSA) is 59.1 Å². The van der Waals surface area contributed by atoms with Gasteiger partial charge in [0.2, 0.25) is 0 Å². The van der Waals surface area contributed by atoms with Crippen LogP contribution in [-0.4, -0.2) is 61.2 Å². The van der Waals surface area contributed by atoms with Crippen LogP contribution in [0.3, 0.4) is 0 Å². The molecule has 2 amide bonds. The Balaban J connectivity index is 1.88. The first kappa shape index (κ1) is 21.8. The van der Waals surface area contributed by atoms with Crippen LogP contribution in [0.25, 0.3) is 0 Å². The molecule has 0 saturated carbocycles. The summed E-state index contributed by atoms with van der Waals surface area (Å²) in [5, 5.41) is 0. The van der Waals surface area contributed by atoms with Crippen molar-refractivity contribution >= 4 is 12.0 Å². The van der Waals surface area contributed by atoms with Gasteiger partial charge >= 0.3 is 12.3 Å². The number of alkyl halides is 3. The Bertz CT molecular complexity index is 679. The van der Waals surface area contributed by atoms with Crippen molar-refractivity contribution in [1.29, 1.82) is 0 Å². The summed E-state index contributed by atoms with van der Waals surface area (Å²) in [6, 6.07) is 4.78. The molecule has 1 aromatic carbocycles. The van der Waals surface area contributed by atoms with Gasteiger partial charge in [0, 0.05) is 26.2 Å². The lowest BCUT2D eigenvalue weighted by Gasteiger charge is -2.22. The van der Waals surface area contributed by atoms with E-state index in [1.54, 1.807) is 0 Å². The van der Waals surface area contributed by atoms with E-state index in [0.29, 0.717) is 32.7 Å². The third-order valence-corrected chi connectivity index (χ3v) is 4.19. The number of halogens is 3. The highest BCUT2D eigenvalue weighted by Gasteiger charge is 2.34. The van der Waals surface area contributed by atoms with Gasteiger partial charge in [0.25, 0.3) is 5.91 Å². The molecule has 0 N–H and O–H groups in total. The summed E-state index contributed by atoms with van der Waals surface area (Å²) in [6.07, 6.45) is -4.42. The van der Waals surface area contributed by atoms with Gasteiger partial charge < -0.3 is 19.3 Å². The van der Waals surface area contributed by atoms with Gasteiger partial charge in [-0.2, -0.15) is 13.2 Å². The maximum absolute atomic E-state index is 13.0. The lowest BCUT2D eigenvalue weighted by atomic mass is 10.2. The van der Waals surface area contributed by atoms with E-state index in [4.69, 9.17) is 9.47 Å². The minimum Gasteiger partial charge on any atom is -0.483 e. The predicted octanol–water partition coefficient (Wildman–Crippen LogP) is 3.41. The fourth-order valence-corrected chi connectivity index (χ4v) is 2.74. The van der Waals surface area contributed by atoms with Crippen LogP contribution in [0.4, 0.5) is 18.0 Å². The van der Waals surface area contributed by atoms with E-state index < -0.39 is 30.3 Å². The van der Waals surface area contributed by atoms with E-state index >= 15 is 0 Å². The highest BCUT2D eigenvalue weighted by atomic mass is 19.4. The minimum absolute atomic E-state index is 0.228. The summed E-state index contributed by atoms with van der Waals surface area (Å²) in [5.74, 6) is -0.572. The largest absolute Gasteiger partial charge is 0.483 e. The minimum atomic E-state index is -4.56. The molecular weight excluding hydrogens is 377 g/mol. The summed E-state index contributed by atoms with van der Waals surface area (Å²) in [4.78, 5) is 27.4. The van der Waals surface area contributed by atoms with Crippen LogP contribution >= 0.6 is 0 Å². The second-order valence-electron chi connectivity index (χ2n) is 6.97. The van der Waals surface area contributed by atoms with Crippen molar-refractivity contribution in [2.45, 2.75) is 26.4 Å². The normalized spacial score (nSPS) is 15.4. The Morgan fingerprint density at radius 1 is 1.07 bits per heavy atom. The Labute approximate surface area is 162 Å². The zero-order chi connectivity index (χ0) is 20.7. The number of para-hydroxylation sites is 1. The van der Waals surface area contributed by atoms with Gasteiger partial charge in [-0.1, -0.05) is 26.0 Å². The van der Waals surface area contributed by atoms with Gasteiger partial charge in [-0.3, -0.25) is 4.79 Å². The summed E-state index contributed by atoms with van der Waals surface area (Å²) >= 11 is 0. The van der Waals surface area contributed by atoms with Crippen molar-refractivity contribution in [3.63, 3.8) is 0 Å². The highest BCUT2D eigenvalue weighted by molar-refractivity contribution is 5.78. The van der Waals surface area contributed by atoms with E-state index in [9.17, 15) is 22.8 Å². The summed E-state index contributed by atoms with van der Waals surface area (Å²) in [5.41, 5.74) is -0.919. The van der Waals surface area contributed by atoms with Crippen LogP contribution in [0.15, 0.2) is 24.3 Å². The molecule has 2 rings (SSSR count). The molecule has 0 aromatic heterocycles. The number of nitrogens with zero attached hydrogens (tertiary/aromatic N) is 2. The maximum atomic E-state index is 13.0. The monoisotopic (exact) mass is 402 g/mol. The van der Waals surface area contributed by atoms with Crippen LogP contribution in [-0.2, 0) is 15.7 Å². The molecule has 1 fully saturated rings. The van der Waals surface area contributed by atoms with Crippen molar-refractivity contribution in [1.82, 2.24) is 9.80 Å². The van der Waals surface area contributed by atoms with Crippen molar-refractivity contribution in [2.24, 2.45) is 5.92 Å². The molecule has 0 radical (unpaired) electrons. The third kappa shape index (κ3) is 6.31. The Morgan fingerprint density at radius 3 is 2.39 bits per heavy atom. The van der Waals surface area contributed by atoms with Gasteiger partial charge in [0.05, 0.1) is 12.2 Å². The Hall–Kier alpha value is -2.45.